The van der Waals surface area contributed by atoms with Crippen molar-refractivity contribution in [3.05, 3.63) is 29.3 Å². The zero-order valence-electron chi connectivity index (χ0n) is 10.7. The van der Waals surface area contributed by atoms with Crippen LogP contribution < -0.4 is 10.5 Å². The van der Waals surface area contributed by atoms with Gasteiger partial charge in [-0.05, 0) is 42.9 Å². The maximum atomic E-state index is 6.07. The van der Waals surface area contributed by atoms with Gasteiger partial charge in [-0.25, -0.2) is 0 Å². The fourth-order valence-electron chi connectivity index (χ4n) is 2.96. The molecule has 2 unspecified atom stereocenters. The monoisotopic (exact) mass is 247 g/mol. The van der Waals surface area contributed by atoms with E-state index in [0.29, 0.717) is 6.10 Å². The molecule has 0 aromatic heterocycles. The molecule has 2 atom stereocenters. The van der Waals surface area contributed by atoms with Crippen LogP contribution in [0.2, 0.25) is 0 Å². The zero-order valence-corrected chi connectivity index (χ0v) is 10.7. The number of rotatable bonds is 4. The van der Waals surface area contributed by atoms with Crippen LogP contribution >= 0.6 is 0 Å². The van der Waals surface area contributed by atoms with E-state index in [2.05, 4.69) is 12.1 Å². The van der Waals surface area contributed by atoms with E-state index in [-0.39, 0.29) is 6.04 Å². The third-order valence-electron chi connectivity index (χ3n) is 4.00. The Morgan fingerprint density at radius 2 is 2.28 bits per heavy atom. The molecular weight excluding hydrogens is 226 g/mol. The van der Waals surface area contributed by atoms with Gasteiger partial charge in [0.2, 0.25) is 0 Å². The van der Waals surface area contributed by atoms with Crippen LogP contribution in [0, 0.1) is 0 Å². The maximum absolute atomic E-state index is 6.07. The van der Waals surface area contributed by atoms with E-state index in [0.717, 1.165) is 38.2 Å². The lowest BCUT2D eigenvalue weighted by Gasteiger charge is -2.13. The molecule has 1 heterocycles. The molecule has 0 spiro atoms. The predicted octanol–water partition coefficient (Wildman–Crippen LogP) is 2.58. The fraction of sp³-hybridized carbons (Fsp3) is 0.600. The van der Waals surface area contributed by atoms with Crippen molar-refractivity contribution in [2.45, 2.75) is 44.2 Å². The third kappa shape index (κ3) is 2.38. The van der Waals surface area contributed by atoms with Crippen LogP contribution in [0.1, 0.15) is 42.9 Å². The van der Waals surface area contributed by atoms with Crippen molar-refractivity contribution in [2.24, 2.45) is 5.73 Å². The minimum absolute atomic E-state index is 0.196. The van der Waals surface area contributed by atoms with Crippen LogP contribution in [0.5, 0.6) is 5.75 Å². The van der Waals surface area contributed by atoms with Crippen molar-refractivity contribution in [1.29, 1.82) is 0 Å². The first kappa shape index (κ1) is 12.0. The van der Waals surface area contributed by atoms with Crippen molar-refractivity contribution >= 4 is 0 Å². The summed E-state index contributed by atoms with van der Waals surface area (Å²) in [5.41, 5.74) is 8.65. The quantitative estimate of drug-likeness (QED) is 0.889. The second-order valence-corrected chi connectivity index (χ2v) is 5.24. The Labute approximate surface area is 108 Å². The number of nitrogens with two attached hydrogens (primary N) is 1. The molecule has 1 aliphatic carbocycles. The average molecular weight is 247 g/mol. The van der Waals surface area contributed by atoms with Gasteiger partial charge in [-0.2, -0.15) is 0 Å². The standard InChI is InChI=1S/C15H21NO2/c16-14-7-6-13-12(14)4-1-5-15(13)18-10-8-11-3-2-9-17-11/h1,4-5,11,14H,2-3,6-10,16H2. The molecule has 0 radical (unpaired) electrons. The van der Waals surface area contributed by atoms with E-state index in [1.54, 1.807) is 0 Å². The first-order chi connectivity index (χ1) is 8.84. The molecule has 2 aliphatic rings. The Balaban J connectivity index is 1.59. The maximum Gasteiger partial charge on any atom is 0.122 e. The zero-order chi connectivity index (χ0) is 12.4. The normalized spacial score (nSPS) is 26.3. The molecular formula is C15H21NO2. The van der Waals surface area contributed by atoms with Crippen LogP contribution in [-0.4, -0.2) is 19.3 Å². The lowest BCUT2D eigenvalue weighted by Crippen LogP contribution is -2.11. The van der Waals surface area contributed by atoms with E-state index in [1.807, 2.05) is 6.07 Å². The van der Waals surface area contributed by atoms with Crippen molar-refractivity contribution in [3.8, 4) is 5.75 Å². The van der Waals surface area contributed by atoms with Gasteiger partial charge in [0.05, 0.1) is 12.7 Å². The van der Waals surface area contributed by atoms with Crippen molar-refractivity contribution in [3.63, 3.8) is 0 Å². The molecule has 3 nitrogen and oxygen atoms in total. The Hall–Kier alpha value is -1.06. The summed E-state index contributed by atoms with van der Waals surface area (Å²) in [5.74, 6) is 1.03. The number of ether oxygens (including phenoxy) is 2. The molecule has 3 heteroatoms. The van der Waals surface area contributed by atoms with Gasteiger partial charge < -0.3 is 15.2 Å². The molecule has 3 rings (SSSR count). The highest BCUT2D eigenvalue weighted by molar-refractivity contribution is 5.44. The van der Waals surface area contributed by atoms with Gasteiger partial charge in [-0.3, -0.25) is 0 Å². The lowest BCUT2D eigenvalue weighted by atomic mass is 10.1. The summed E-state index contributed by atoms with van der Waals surface area (Å²) in [6.07, 6.45) is 5.87. The molecule has 0 bridgehead atoms. The SMILES string of the molecule is NC1CCc2c(OCCC3CCCO3)cccc21. The smallest absolute Gasteiger partial charge is 0.122 e. The minimum Gasteiger partial charge on any atom is -0.493 e. The summed E-state index contributed by atoms with van der Waals surface area (Å²) in [6.45, 7) is 1.66. The summed E-state index contributed by atoms with van der Waals surface area (Å²) in [5, 5.41) is 0. The van der Waals surface area contributed by atoms with Crippen molar-refractivity contribution in [2.75, 3.05) is 13.2 Å². The van der Waals surface area contributed by atoms with Gasteiger partial charge in [0.25, 0.3) is 0 Å². The van der Waals surface area contributed by atoms with Gasteiger partial charge in [0.15, 0.2) is 0 Å². The molecule has 1 aromatic carbocycles. The second-order valence-electron chi connectivity index (χ2n) is 5.24. The predicted molar refractivity (Wildman–Crippen MR) is 70.8 cm³/mol. The molecule has 1 fully saturated rings. The highest BCUT2D eigenvalue weighted by Crippen LogP contribution is 2.35. The highest BCUT2D eigenvalue weighted by atomic mass is 16.5. The summed E-state index contributed by atoms with van der Waals surface area (Å²) in [6, 6.07) is 6.43. The lowest BCUT2D eigenvalue weighted by molar-refractivity contribution is 0.0902. The van der Waals surface area contributed by atoms with E-state index < -0.39 is 0 Å². The van der Waals surface area contributed by atoms with Crippen LogP contribution in [0.3, 0.4) is 0 Å². The molecule has 1 aromatic rings. The number of hydrogen-bond acceptors (Lipinski definition) is 3. The Kier molecular flexibility index (Phi) is 3.52. The van der Waals surface area contributed by atoms with Crippen molar-refractivity contribution in [1.82, 2.24) is 0 Å². The summed E-state index contributed by atoms with van der Waals surface area (Å²) in [7, 11) is 0. The van der Waals surface area contributed by atoms with E-state index >= 15 is 0 Å². The van der Waals surface area contributed by atoms with Crippen LogP contribution in [-0.2, 0) is 11.2 Å². The molecule has 1 saturated heterocycles. The largest absolute Gasteiger partial charge is 0.493 e. The average Bonchev–Trinajstić information content (AvgIpc) is 3.01. The molecule has 18 heavy (non-hydrogen) atoms. The Bertz CT molecular complexity index is 413. The van der Waals surface area contributed by atoms with Crippen LogP contribution in [0.4, 0.5) is 0 Å². The minimum atomic E-state index is 0.196. The number of fused-ring (bicyclic) bond motifs is 1. The summed E-state index contributed by atoms with van der Waals surface area (Å²) in [4.78, 5) is 0. The van der Waals surface area contributed by atoms with Crippen LogP contribution in [0.25, 0.3) is 0 Å². The summed E-state index contributed by atoms with van der Waals surface area (Å²) < 4.78 is 11.5. The third-order valence-corrected chi connectivity index (χ3v) is 4.00. The van der Waals surface area contributed by atoms with E-state index in [1.165, 1.54) is 24.0 Å². The second kappa shape index (κ2) is 5.29. The fourth-order valence-corrected chi connectivity index (χ4v) is 2.96. The number of benzene rings is 1. The van der Waals surface area contributed by atoms with Crippen LogP contribution in [0.15, 0.2) is 18.2 Å². The van der Waals surface area contributed by atoms with E-state index in [9.17, 15) is 0 Å². The van der Waals surface area contributed by atoms with Gasteiger partial charge in [0.1, 0.15) is 5.75 Å². The van der Waals surface area contributed by atoms with Gasteiger partial charge >= 0.3 is 0 Å². The first-order valence-corrected chi connectivity index (χ1v) is 6.96. The van der Waals surface area contributed by atoms with E-state index in [4.69, 9.17) is 15.2 Å². The van der Waals surface area contributed by atoms with Crippen molar-refractivity contribution < 1.29 is 9.47 Å². The van der Waals surface area contributed by atoms with Gasteiger partial charge in [0, 0.05) is 19.1 Å². The molecule has 0 amide bonds. The topological polar surface area (TPSA) is 44.5 Å². The molecule has 2 N–H and O–H groups in total. The Morgan fingerprint density at radius 3 is 3.11 bits per heavy atom. The number of hydrogen-bond donors (Lipinski definition) is 1. The molecule has 0 saturated carbocycles. The first-order valence-electron chi connectivity index (χ1n) is 6.96. The van der Waals surface area contributed by atoms with Gasteiger partial charge in [-0.15, -0.1) is 0 Å². The highest BCUT2D eigenvalue weighted by Gasteiger charge is 2.22. The molecule has 98 valence electrons. The van der Waals surface area contributed by atoms with Gasteiger partial charge in [-0.1, -0.05) is 12.1 Å². The molecule has 1 aliphatic heterocycles. The summed E-state index contributed by atoms with van der Waals surface area (Å²) >= 11 is 0. The Morgan fingerprint density at radius 1 is 1.33 bits per heavy atom.